The first-order valence-corrected chi connectivity index (χ1v) is 6.46. The Kier molecular flexibility index (Phi) is 4.35. The van der Waals surface area contributed by atoms with E-state index in [-0.39, 0.29) is 23.3 Å². The normalized spacial score (nSPS) is 11.9. The minimum atomic E-state index is -0.508. The maximum Gasteiger partial charge on any atom is 0.232 e. The van der Waals surface area contributed by atoms with Crippen molar-refractivity contribution < 1.29 is 14.3 Å². The molecule has 0 bridgehead atoms. The Morgan fingerprint density at radius 2 is 1.95 bits per heavy atom. The number of benzene rings is 2. The summed E-state index contributed by atoms with van der Waals surface area (Å²) in [5, 5.41) is 12.2. The van der Waals surface area contributed by atoms with Gasteiger partial charge in [-0.2, -0.15) is 0 Å². The summed E-state index contributed by atoms with van der Waals surface area (Å²) in [6.45, 7) is 1.91. The van der Waals surface area contributed by atoms with Crippen LogP contribution in [0, 0.1) is 5.82 Å². The van der Waals surface area contributed by atoms with Crippen molar-refractivity contribution in [3.63, 3.8) is 0 Å². The van der Waals surface area contributed by atoms with E-state index in [0.29, 0.717) is 6.42 Å². The summed E-state index contributed by atoms with van der Waals surface area (Å²) in [5.41, 5.74) is 0.979. The number of phenols is 1. The van der Waals surface area contributed by atoms with E-state index in [4.69, 9.17) is 0 Å². The molecule has 0 spiro atoms. The summed E-state index contributed by atoms with van der Waals surface area (Å²) in [6.07, 6.45) is 0.617. The second kappa shape index (κ2) is 6.19. The SMILES string of the molecule is CC[C@@H](C(=O)Nc1cc(F)ccc1O)c1ccccc1. The molecule has 0 heterocycles. The highest BCUT2D eigenvalue weighted by atomic mass is 19.1. The van der Waals surface area contributed by atoms with Gasteiger partial charge in [-0.25, -0.2) is 4.39 Å². The number of nitrogens with one attached hydrogen (secondary N) is 1. The molecule has 0 aromatic heterocycles. The third-order valence-corrected chi connectivity index (χ3v) is 3.14. The molecule has 0 radical (unpaired) electrons. The van der Waals surface area contributed by atoms with Gasteiger partial charge in [-0.3, -0.25) is 4.79 Å². The van der Waals surface area contributed by atoms with Crippen molar-refractivity contribution in [1.82, 2.24) is 0 Å². The van der Waals surface area contributed by atoms with E-state index in [2.05, 4.69) is 5.32 Å². The largest absolute Gasteiger partial charge is 0.506 e. The Balaban J connectivity index is 2.20. The smallest absolute Gasteiger partial charge is 0.232 e. The van der Waals surface area contributed by atoms with E-state index in [1.807, 2.05) is 37.3 Å². The van der Waals surface area contributed by atoms with E-state index < -0.39 is 5.82 Å². The summed E-state index contributed by atoms with van der Waals surface area (Å²) < 4.78 is 13.1. The van der Waals surface area contributed by atoms with Crippen LogP contribution in [0.15, 0.2) is 48.5 Å². The third kappa shape index (κ3) is 3.15. The van der Waals surface area contributed by atoms with Crippen molar-refractivity contribution in [3.8, 4) is 5.75 Å². The first kappa shape index (κ1) is 14.1. The number of carbonyl (C=O) groups is 1. The van der Waals surface area contributed by atoms with Gasteiger partial charge in [-0.15, -0.1) is 0 Å². The monoisotopic (exact) mass is 273 g/mol. The molecule has 0 unspecified atom stereocenters. The van der Waals surface area contributed by atoms with E-state index in [1.54, 1.807) is 0 Å². The molecule has 0 aliphatic rings. The molecule has 0 fully saturated rings. The summed E-state index contributed by atoms with van der Waals surface area (Å²) in [6, 6.07) is 12.8. The highest BCUT2D eigenvalue weighted by Gasteiger charge is 2.19. The van der Waals surface area contributed by atoms with Crippen LogP contribution in [0.25, 0.3) is 0 Å². The van der Waals surface area contributed by atoms with E-state index >= 15 is 0 Å². The Morgan fingerprint density at radius 1 is 1.25 bits per heavy atom. The van der Waals surface area contributed by atoms with E-state index in [0.717, 1.165) is 17.7 Å². The molecule has 1 atom stereocenters. The second-order valence-corrected chi connectivity index (χ2v) is 4.52. The zero-order chi connectivity index (χ0) is 14.5. The van der Waals surface area contributed by atoms with Crippen LogP contribution in [0.3, 0.4) is 0 Å². The Hall–Kier alpha value is -2.36. The van der Waals surface area contributed by atoms with Crippen LogP contribution in [0.4, 0.5) is 10.1 Å². The van der Waals surface area contributed by atoms with Gasteiger partial charge < -0.3 is 10.4 Å². The molecule has 0 aliphatic carbocycles. The van der Waals surface area contributed by atoms with Crippen molar-refractivity contribution in [1.29, 1.82) is 0 Å². The zero-order valence-corrected chi connectivity index (χ0v) is 11.1. The lowest BCUT2D eigenvalue weighted by molar-refractivity contribution is -0.117. The molecule has 0 saturated heterocycles. The summed E-state index contributed by atoms with van der Waals surface area (Å²) in [7, 11) is 0. The minimum Gasteiger partial charge on any atom is -0.506 e. The van der Waals surface area contributed by atoms with Crippen molar-refractivity contribution in [2.24, 2.45) is 0 Å². The van der Waals surface area contributed by atoms with Gasteiger partial charge in [0.1, 0.15) is 11.6 Å². The first-order chi connectivity index (χ1) is 9.61. The van der Waals surface area contributed by atoms with Crippen molar-refractivity contribution in [2.75, 3.05) is 5.32 Å². The third-order valence-electron chi connectivity index (χ3n) is 3.14. The molecule has 104 valence electrons. The van der Waals surface area contributed by atoms with E-state index in [1.165, 1.54) is 6.07 Å². The van der Waals surface area contributed by atoms with Crippen molar-refractivity contribution in [2.45, 2.75) is 19.3 Å². The molecule has 4 heteroatoms. The highest BCUT2D eigenvalue weighted by Crippen LogP contribution is 2.27. The molecule has 0 aliphatic heterocycles. The molecule has 2 aromatic rings. The van der Waals surface area contributed by atoms with Crippen LogP contribution in [0.1, 0.15) is 24.8 Å². The van der Waals surface area contributed by atoms with Gasteiger partial charge in [-0.05, 0) is 24.1 Å². The topological polar surface area (TPSA) is 49.3 Å². The van der Waals surface area contributed by atoms with Crippen LogP contribution in [0.5, 0.6) is 5.75 Å². The summed E-state index contributed by atoms with van der Waals surface area (Å²) in [4.78, 5) is 12.3. The van der Waals surface area contributed by atoms with Crippen molar-refractivity contribution in [3.05, 3.63) is 59.9 Å². The molecule has 2 N–H and O–H groups in total. The highest BCUT2D eigenvalue weighted by molar-refractivity contribution is 5.96. The lowest BCUT2D eigenvalue weighted by atomic mass is 9.95. The second-order valence-electron chi connectivity index (χ2n) is 4.52. The van der Waals surface area contributed by atoms with Crippen molar-refractivity contribution >= 4 is 11.6 Å². The number of hydrogen-bond acceptors (Lipinski definition) is 2. The molecule has 20 heavy (non-hydrogen) atoms. The zero-order valence-electron chi connectivity index (χ0n) is 11.1. The number of hydrogen-bond donors (Lipinski definition) is 2. The number of aromatic hydroxyl groups is 1. The van der Waals surface area contributed by atoms with Crippen LogP contribution in [0.2, 0.25) is 0 Å². The Labute approximate surface area is 117 Å². The van der Waals surface area contributed by atoms with Gasteiger partial charge in [-0.1, -0.05) is 37.3 Å². The standard InChI is InChI=1S/C16H16FNO2/c1-2-13(11-6-4-3-5-7-11)16(20)18-14-10-12(17)8-9-15(14)19/h3-10,13,19H,2H2,1H3,(H,18,20)/t13-/m1/s1. The fourth-order valence-electron chi connectivity index (χ4n) is 2.09. The van der Waals surface area contributed by atoms with E-state index in [9.17, 15) is 14.3 Å². The van der Waals surface area contributed by atoms with Gasteiger partial charge in [0.25, 0.3) is 0 Å². The summed E-state index contributed by atoms with van der Waals surface area (Å²) in [5.74, 6) is -1.26. The van der Waals surface area contributed by atoms with Crippen LogP contribution >= 0.6 is 0 Å². The number of carbonyl (C=O) groups excluding carboxylic acids is 1. The molecular formula is C16H16FNO2. The van der Waals surface area contributed by atoms with Gasteiger partial charge in [0, 0.05) is 6.07 Å². The molecule has 1 amide bonds. The lowest BCUT2D eigenvalue weighted by Crippen LogP contribution is -2.20. The fourth-order valence-corrected chi connectivity index (χ4v) is 2.09. The maximum atomic E-state index is 13.1. The van der Waals surface area contributed by atoms with Gasteiger partial charge in [0.05, 0.1) is 11.6 Å². The number of halogens is 1. The molecule has 3 nitrogen and oxygen atoms in total. The average Bonchev–Trinajstić information content (AvgIpc) is 2.45. The molecule has 0 saturated carbocycles. The fraction of sp³-hybridized carbons (Fsp3) is 0.188. The molecule has 2 aromatic carbocycles. The Bertz CT molecular complexity index is 599. The number of rotatable bonds is 4. The summed E-state index contributed by atoms with van der Waals surface area (Å²) >= 11 is 0. The predicted octanol–water partition coefficient (Wildman–Crippen LogP) is 3.66. The lowest BCUT2D eigenvalue weighted by Gasteiger charge is -2.16. The van der Waals surface area contributed by atoms with Gasteiger partial charge in [0.15, 0.2) is 0 Å². The van der Waals surface area contributed by atoms with Crippen LogP contribution in [-0.4, -0.2) is 11.0 Å². The first-order valence-electron chi connectivity index (χ1n) is 6.46. The average molecular weight is 273 g/mol. The van der Waals surface area contributed by atoms with Gasteiger partial charge in [0.2, 0.25) is 5.91 Å². The molecular weight excluding hydrogens is 257 g/mol. The quantitative estimate of drug-likeness (QED) is 0.835. The van der Waals surface area contributed by atoms with Gasteiger partial charge >= 0.3 is 0 Å². The minimum absolute atomic E-state index is 0.0874. The predicted molar refractivity (Wildman–Crippen MR) is 76.2 cm³/mol. The number of amides is 1. The Morgan fingerprint density at radius 3 is 2.60 bits per heavy atom. The molecule has 2 rings (SSSR count). The van der Waals surface area contributed by atoms with Crippen LogP contribution in [-0.2, 0) is 4.79 Å². The maximum absolute atomic E-state index is 13.1. The number of phenolic OH excluding ortho intramolecular Hbond substituents is 1. The van der Waals surface area contributed by atoms with Crippen LogP contribution < -0.4 is 5.32 Å². The number of anilines is 1.